The van der Waals surface area contributed by atoms with E-state index in [9.17, 15) is 0 Å². The van der Waals surface area contributed by atoms with Crippen molar-refractivity contribution in [1.82, 2.24) is 19.7 Å². The van der Waals surface area contributed by atoms with Crippen molar-refractivity contribution in [2.24, 2.45) is 0 Å². The van der Waals surface area contributed by atoms with E-state index in [-0.39, 0.29) is 0 Å². The topological polar surface area (TPSA) is 69.6 Å². The number of hydrogen-bond acceptors (Lipinski definition) is 5. The highest BCUT2D eigenvalue weighted by atomic mass is 32.1. The Morgan fingerprint density at radius 1 is 1.04 bits per heavy atom. The lowest BCUT2D eigenvalue weighted by molar-refractivity contribution is 0.884. The average molecular weight is 383 g/mol. The van der Waals surface area contributed by atoms with Crippen LogP contribution < -0.4 is 5.73 Å². The minimum atomic E-state index is 0.681. The van der Waals surface area contributed by atoms with Crippen LogP contribution in [0.4, 0.5) is 5.69 Å². The number of thiophene rings is 1. The van der Waals surface area contributed by atoms with E-state index in [0.29, 0.717) is 5.69 Å². The second kappa shape index (κ2) is 6.58. The van der Waals surface area contributed by atoms with E-state index in [2.05, 4.69) is 11.1 Å². The zero-order chi connectivity index (χ0) is 19.1. The molecule has 0 aliphatic heterocycles. The lowest BCUT2D eigenvalue weighted by Gasteiger charge is -2.04. The Kier molecular flexibility index (Phi) is 3.91. The van der Waals surface area contributed by atoms with E-state index in [1.807, 2.05) is 78.7 Å². The van der Waals surface area contributed by atoms with Crippen molar-refractivity contribution in [2.45, 2.75) is 6.92 Å². The van der Waals surface area contributed by atoms with Gasteiger partial charge in [0, 0.05) is 44.8 Å². The second-order valence-electron chi connectivity index (χ2n) is 6.58. The van der Waals surface area contributed by atoms with Crippen LogP contribution in [0, 0.1) is 6.92 Å². The molecule has 0 radical (unpaired) electrons. The average Bonchev–Trinajstić information content (AvgIpc) is 3.32. The molecule has 0 spiro atoms. The molecule has 2 N–H and O–H groups in total. The zero-order valence-corrected chi connectivity index (χ0v) is 16.0. The summed E-state index contributed by atoms with van der Waals surface area (Å²) in [7, 11) is 0. The first-order chi connectivity index (χ1) is 13.7. The molecule has 5 aromatic rings. The first-order valence-electron chi connectivity index (χ1n) is 8.91. The fourth-order valence-corrected chi connectivity index (χ4v) is 4.30. The van der Waals surface area contributed by atoms with Gasteiger partial charge in [-0.3, -0.25) is 9.97 Å². The maximum absolute atomic E-state index is 6.19. The Morgan fingerprint density at radius 3 is 2.75 bits per heavy atom. The molecule has 0 saturated carbocycles. The van der Waals surface area contributed by atoms with Gasteiger partial charge in [-0.05, 0) is 43.3 Å². The number of para-hydroxylation sites is 2. The Labute approximate surface area is 166 Å². The fraction of sp³-hybridized carbons (Fsp3) is 0.0455. The van der Waals surface area contributed by atoms with Crippen molar-refractivity contribution < 1.29 is 0 Å². The molecule has 0 amide bonds. The Hall–Kier alpha value is -3.51. The second-order valence-corrected chi connectivity index (χ2v) is 7.67. The largest absolute Gasteiger partial charge is 0.397 e. The van der Waals surface area contributed by atoms with E-state index in [1.54, 1.807) is 11.3 Å². The summed E-state index contributed by atoms with van der Waals surface area (Å²) in [5.74, 6) is 0. The molecule has 0 unspecified atom stereocenters. The first-order valence-corrected chi connectivity index (χ1v) is 9.73. The van der Waals surface area contributed by atoms with Gasteiger partial charge in [0.25, 0.3) is 0 Å². The van der Waals surface area contributed by atoms with Crippen LogP contribution in [0.15, 0.2) is 73.2 Å². The quantitative estimate of drug-likeness (QED) is 0.440. The third kappa shape index (κ3) is 2.84. The van der Waals surface area contributed by atoms with Crippen molar-refractivity contribution in [3.8, 4) is 27.5 Å². The van der Waals surface area contributed by atoms with Gasteiger partial charge in [-0.15, -0.1) is 11.3 Å². The van der Waals surface area contributed by atoms with Crippen LogP contribution in [0.2, 0.25) is 0 Å². The number of rotatable bonds is 3. The minimum absolute atomic E-state index is 0.681. The maximum atomic E-state index is 6.19. The monoisotopic (exact) mass is 383 g/mol. The fourth-order valence-electron chi connectivity index (χ4n) is 3.26. The van der Waals surface area contributed by atoms with Crippen LogP contribution in [0.1, 0.15) is 5.69 Å². The number of nitrogens with two attached hydrogens (primary N) is 1. The minimum Gasteiger partial charge on any atom is -0.397 e. The van der Waals surface area contributed by atoms with Crippen molar-refractivity contribution in [2.75, 3.05) is 5.73 Å². The number of nitrogens with zero attached hydrogens (tertiary/aromatic N) is 4. The normalized spacial score (nSPS) is 11.2. The zero-order valence-electron chi connectivity index (χ0n) is 15.2. The number of hydrogen-bond donors (Lipinski definition) is 1. The van der Waals surface area contributed by atoms with E-state index in [0.717, 1.165) is 38.6 Å². The van der Waals surface area contributed by atoms with Gasteiger partial charge >= 0.3 is 0 Å². The van der Waals surface area contributed by atoms with Gasteiger partial charge in [-0.1, -0.05) is 18.2 Å². The summed E-state index contributed by atoms with van der Waals surface area (Å²) in [5, 5.41) is 5.99. The summed E-state index contributed by atoms with van der Waals surface area (Å²) in [5.41, 5.74) is 11.4. The predicted molar refractivity (Wildman–Crippen MR) is 115 cm³/mol. The summed E-state index contributed by atoms with van der Waals surface area (Å²) >= 11 is 1.72. The van der Waals surface area contributed by atoms with Gasteiger partial charge in [0.1, 0.15) is 5.69 Å². The molecule has 0 bridgehead atoms. The number of aromatic nitrogens is 4. The molecular weight excluding hydrogens is 366 g/mol. The van der Waals surface area contributed by atoms with Crippen LogP contribution >= 0.6 is 11.3 Å². The van der Waals surface area contributed by atoms with Crippen molar-refractivity contribution in [3.05, 3.63) is 78.9 Å². The summed E-state index contributed by atoms with van der Waals surface area (Å²) in [6.07, 6.45) is 5.74. The lowest BCUT2D eigenvalue weighted by Crippen LogP contribution is -2.00. The van der Waals surface area contributed by atoms with Crippen molar-refractivity contribution in [1.29, 1.82) is 0 Å². The number of anilines is 1. The van der Waals surface area contributed by atoms with Crippen molar-refractivity contribution >= 4 is 27.1 Å². The van der Waals surface area contributed by atoms with Crippen molar-refractivity contribution in [3.63, 3.8) is 0 Å². The number of benzene rings is 1. The Bertz CT molecular complexity index is 1270. The van der Waals surface area contributed by atoms with Gasteiger partial charge in [0.15, 0.2) is 0 Å². The molecule has 0 saturated heterocycles. The smallest absolute Gasteiger partial charge is 0.120 e. The standard InChI is InChI=1S/C22H17N5S/c1-14-5-4-7-18(25-14)22-16(21-11-15-12-24-10-9-20(15)28-21)13-27(26-22)19-8-3-2-6-17(19)23/h2-13H,23H2,1H3. The highest BCUT2D eigenvalue weighted by Gasteiger charge is 2.18. The van der Waals surface area contributed by atoms with E-state index >= 15 is 0 Å². The number of pyridine rings is 2. The third-order valence-corrected chi connectivity index (χ3v) is 5.76. The van der Waals surface area contributed by atoms with Gasteiger partial charge in [0.05, 0.1) is 17.1 Å². The van der Waals surface area contributed by atoms with Gasteiger partial charge in [-0.2, -0.15) is 5.10 Å². The molecule has 5 nitrogen and oxygen atoms in total. The van der Waals surface area contributed by atoms with Crippen LogP contribution in [0.25, 0.3) is 37.6 Å². The van der Waals surface area contributed by atoms with Gasteiger partial charge in [-0.25, -0.2) is 4.68 Å². The molecule has 0 atom stereocenters. The van der Waals surface area contributed by atoms with E-state index < -0.39 is 0 Å². The Balaban J connectivity index is 1.75. The van der Waals surface area contributed by atoms with Crippen LogP contribution in [-0.4, -0.2) is 19.7 Å². The molecule has 136 valence electrons. The van der Waals surface area contributed by atoms with Crippen LogP contribution in [0.3, 0.4) is 0 Å². The molecule has 6 heteroatoms. The molecule has 5 rings (SSSR count). The Morgan fingerprint density at radius 2 is 1.93 bits per heavy atom. The first kappa shape index (κ1) is 16.6. The number of fused-ring (bicyclic) bond motifs is 1. The van der Waals surface area contributed by atoms with Crippen LogP contribution in [-0.2, 0) is 0 Å². The summed E-state index contributed by atoms with van der Waals surface area (Å²) < 4.78 is 3.03. The highest BCUT2D eigenvalue weighted by Crippen LogP contribution is 2.38. The summed E-state index contributed by atoms with van der Waals surface area (Å²) in [6.45, 7) is 1.99. The maximum Gasteiger partial charge on any atom is 0.120 e. The summed E-state index contributed by atoms with van der Waals surface area (Å²) in [6, 6.07) is 17.9. The van der Waals surface area contributed by atoms with E-state index in [1.165, 1.54) is 4.70 Å². The molecule has 4 aromatic heterocycles. The molecule has 0 aliphatic carbocycles. The number of aryl methyl sites for hydroxylation is 1. The van der Waals surface area contributed by atoms with Crippen LogP contribution in [0.5, 0.6) is 0 Å². The van der Waals surface area contributed by atoms with Gasteiger partial charge in [0.2, 0.25) is 0 Å². The molecule has 0 aliphatic rings. The number of nitrogen functional groups attached to an aromatic ring is 1. The summed E-state index contributed by atoms with van der Waals surface area (Å²) in [4.78, 5) is 10.1. The SMILES string of the molecule is Cc1cccc(-c2nn(-c3ccccc3N)cc2-c2cc3cnccc3s2)n1. The third-order valence-electron chi connectivity index (χ3n) is 4.61. The van der Waals surface area contributed by atoms with E-state index in [4.69, 9.17) is 15.8 Å². The predicted octanol–water partition coefficient (Wildman–Crippen LogP) is 5.10. The molecule has 1 aromatic carbocycles. The molecule has 28 heavy (non-hydrogen) atoms. The van der Waals surface area contributed by atoms with Gasteiger partial charge < -0.3 is 5.73 Å². The molecular formula is C22H17N5S. The molecule has 4 heterocycles. The highest BCUT2D eigenvalue weighted by molar-refractivity contribution is 7.22. The lowest BCUT2D eigenvalue weighted by atomic mass is 10.1. The molecule has 0 fully saturated rings.